The number of ether oxygens (including phenoxy) is 1. The highest BCUT2D eigenvalue weighted by atomic mass is 35.5. The number of halogens is 1. The summed E-state index contributed by atoms with van der Waals surface area (Å²) in [6.45, 7) is 2.03. The normalized spacial score (nSPS) is 13.8. The van der Waals surface area contributed by atoms with Crippen LogP contribution in [0.4, 0.5) is 5.69 Å². The maximum Gasteiger partial charge on any atom is 0.224 e. The van der Waals surface area contributed by atoms with Crippen molar-refractivity contribution in [1.29, 1.82) is 0 Å². The van der Waals surface area contributed by atoms with Crippen LogP contribution in [0.1, 0.15) is 23.6 Å². The van der Waals surface area contributed by atoms with Gasteiger partial charge < -0.3 is 9.64 Å². The van der Waals surface area contributed by atoms with Crippen molar-refractivity contribution in [3.8, 4) is 17.0 Å². The fraction of sp³-hybridized carbons (Fsp3) is 0.130. The molecule has 0 N–H and O–H groups in total. The number of hydrogen-bond acceptors (Lipinski definition) is 3. The highest BCUT2D eigenvalue weighted by Crippen LogP contribution is 2.33. The van der Waals surface area contributed by atoms with E-state index < -0.39 is 0 Å². The van der Waals surface area contributed by atoms with Crippen LogP contribution in [0.3, 0.4) is 0 Å². The van der Waals surface area contributed by atoms with Crippen LogP contribution in [-0.4, -0.2) is 18.0 Å². The predicted octanol–water partition coefficient (Wildman–Crippen LogP) is 5.45. The minimum absolute atomic E-state index is 0.0273. The van der Waals surface area contributed by atoms with Gasteiger partial charge in [0.05, 0.1) is 25.0 Å². The van der Waals surface area contributed by atoms with E-state index in [1.165, 1.54) is 0 Å². The molecule has 4 nitrogen and oxygen atoms in total. The monoisotopic (exact) mass is 390 g/mol. The lowest BCUT2D eigenvalue weighted by molar-refractivity contribution is -0.116. The summed E-state index contributed by atoms with van der Waals surface area (Å²) in [7, 11) is 1.65. The van der Waals surface area contributed by atoms with Crippen LogP contribution in [0.5, 0.6) is 5.75 Å². The number of para-hydroxylation sites is 1. The van der Waals surface area contributed by atoms with Crippen molar-refractivity contribution < 1.29 is 9.53 Å². The first-order valence-corrected chi connectivity index (χ1v) is 9.32. The van der Waals surface area contributed by atoms with Crippen molar-refractivity contribution >= 4 is 35.3 Å². The molecule has 4 rings (SSSR count). The fourth-order valence-electron chi connectivity index (χ4n) is 3.42. The number of fused-ring (bicyclic) bond motifs is 2. The van der Waals surface area contributed by atoms with Crippen LogP contribution >= 0.6 is 11.6 Å². The number of methoxy groups -OCH3 is 1. The maximum absolute atomic E-state index is 12.4. The molecule has 0 aliphatic carbocycles. The molecule has 0 bridgehead atoms. The van der Waals surface area contributed by atoms with E-state index in [-0.39, 0.29) is 5.91 Å². The number of carbonyl (C=O) groups is 1. The van der Waals surface area contributed by atoms with Crippen molar-refractivity contribution in [1.82, 2.24) is 4.98 Å². The lowest BCUT2D eigenvalue weighted by atomic mass is 10.00. The molecule has 0 unspecified atom stereocenters. The first-order valence-electron chi connectivity index (χ1n) is 8.95. The Bertz CT molecular complexity index is 1090. The molecule has 0 saturated heterocycles. The largest absolute Gasteiger partial charge is 0.496 e. The Balaban J connectivity index is 1.85. The minimum atomic E-state index is -0.0273. The van der Waals surface area contributed by atoms with Gasteiger partial charge in [0.1, 0.15) is 5.75 Å². The molecule has 0 spiro atoms. The van der Waals surface area contributed by atoms with Gasteiger partial charge in [-0.15, -0.1) is 0 Å². The summed E-state index contributed by atoms with van der Waals surface area (Å²) in [5, 5.41) is 0.636. The Morgan fingerprint density at radius 1 is 1.11 bits per heavy atom. The lowest BCUT2D eigenvalue weighted by Gasteiger charge is -2.26. The summed E-state index contributed by atoms with van der Waals surface area (Å²) in [4.78, 5) is 18.8. The zero-order chi connectivity index (χ0) is 19.7. The van der Waals surface area contributed by atoms with Gasteiger partial charge in [-0.25, -0.2) is 0 Å². The first-order chi connectivity index (χ1) is 13.6. The van der Waals surface area contributed by atoms with Crippen molar-refractivity contribution in [2.24, 2.45) is 0 Å². The van der Waals surface area contributed by atoms with Crippen LogP contribution < -0.4 is 9.64 Å². The van der Waals surface area contributed by atoms with E-state index in [1.54, 1.807) is 25.0 Å². The Labute approximate surface area is 169 Å². The summed E-state index contributed by atoms with van der Waals surface area (Å²) in [5.74, 6) is 0.736. The number of carbonyl (C=O) groups excluding carboxylic acids is 1. The number of anilines is 1. The van der Waals surface area contributed by atoms with Crippen molar-refractivity contribution in [3.05, 3.63) is 76.4 Å². The number of amides is 1. The molecule has 1 aliphatic heterocycles. The van der Waals surface area contributed by atoms with E-state index in [0.717, 1.165) is 39.4 Å². The minimum Gasteiger partial charge on any atom is -0.496 e. The second-order valence-electron chi connectivity index (χ2n) is 6.61. The fourth-order valence-corrected chi connectivity index (χ4v) is 3.60. The van der Waals surface area contributed by atoms with Gasteiger partial charge in [-0.05, 0) is 53.1 Å². The Morgan fingerprint density at radius 2 is 1.89 bits per heavy atom. The van der Waals surface area contributed by atoms with Gasteiger partial charge in [-0.3, -0.25) is 9.78 Å². The molecular formula is C23H19ClN2O2. The van der Waals surface area contributed by atoms with Gasteiger partial charge in [-0.1, -0.05) is 35.9 Å². The van der Waals surface area contributed by atoms with Gasteiger partial charge in [0.25, 0.3) is 0 Å². The molecule has 0 radical (unpaired) electrons. The summed E-state index contributed by atoms with van der Waals surface area (Å²) >= 11 is 6.15. The van der Waals surface area contributed by atoms with Crippen molar-refractivity contribution in [2.45, 2.75) is 13.5 Å². The molecule has 0 atom stereocenters. The average molecular weight is 391 g/mol. The number of hydrogen-bond donors (Lipinski definition) is 0. The van der Waals surface area contributed by atoms with Gasteiger partial charge in [0, 0.05) is 23.7 Å². The van der Waals surface area contributed by atoms with Gasteiger partial charge in [0.2, 0.25) is 5.91 Å². The summed E-state index contributed by atoms with van der Waals surface area (Å²) < 4.78 is 5.47. The van der Waals surface area contributed by atoms with Crippen molar-refractivity contribution in [3.63, 3.8) is 0 Å². The molecule has 28 heavy (non-hydrogen) atoms. The average Bonchev–Trinajstić information content (AvgIpc) is 2.69. The molecule has 2 aromatic carbocycles. The van der Waals surface area contributed by atoms with Crippen molar-refractivity contribution in [2.75, 3.05) is 12.0 Å². The molecule has 5 heteroatoms. The standard InChI is InChI=1S/C23H19ClN2O2/c1-15(27)26-14-18-12-21(20-5-3-4-6-23(20)28-2)25-13-17(18)8-7-16-11-19(24)9-10-22(16)26/h3-13H,14H2,1-2H3/b8-7-. The lowest BCUT2D eigenvalue weighted by Crippen LogP contribution is -2.29. The van der Waals surface area contributed by atoms with Gasteiger partial charge in [0.15, 0.2) is 0 Å². The zero-order valence-corrected chi connectivity index (χ0v) is 16.4. The summed E-state index contributed by atoms with van der Waals surface area (Å²) in [6.07, 6.45) is 5.82. The first kappa shape index (κ1) is 18.3. The predicted molar refractivity (Wildman–Crippen MR) is 113 cm³/mol. The number of nitrogens with zero attached hydrogens (tertiary/aromatic N) is 2. The smallest absolute Gasteiger partial charge is 0.224 e. The van der Waals surface area contributed by atoms with Crippen LogP contribution in [0.15, 0.2) is 54.7 Å². The summed E-state index contributed by atoms with van der Waals surface area (Å²) in [5.41, 5.74) is 5.46. The second-order valence-corrected chi connectivity index (χ2v) is 7.05. The van der Waals surface area contributed by atoms with Crippen LogP contribution in [0.2, 0.25) is 5.02 Å². The quantitative estimate of drug-likeness (QED) is 0.584. The molecular weight excluding hydrogens is 372 g/mol. The summed E-state index contributed by atoms with van der Waals surface area (Å²) in [6, 6.07) is 15.4. The van der Waals surface area contributed by atoms with E-state index >= 15 is 0 Å². The second kappa shape index (κ2) is 7.49. The third-order valence-electron chi connectivity index (χ3n) is 4.84. The molecule has 0 fully saturated rings. The van der Waals surface area contributed by atoms with Crippen LogP contribution in [0, 0.1) is 0 Å². The van der Waals surface area contributed by atoms with E-state index in [0.29, 0.717) is 11.6 Å². The Morgan fingerprint density at radius 3 is 2.68 bits per heavy atom. The van der Waals surface area contributed by atoms with E-state index in [2.05, 4.69) is 4.98 Å². The highest BCUT2D eigenvalue weighted by Gasteiger charge is 2.20. The van der Waals surface area contributed by atoms with E-state index in [9.17, 15) is 4.79 Å². The van der Waals surface area contributed by atoms with Crippen LogP contribution in [-0.2, 0) is 11.3 Å². The molecule has 1 amide bonds. The molecule has 0 saturated carbocycles. The number of benzene rings is 2. The third kappa shape index (κ3) is 3.39. The van der Waals surface area contributed by atoms with Gasteiger partial charge >= 0.3 is 0 Å². The third-order valence-corrected chi connectivity index (χ3v) is 5.07. The maximum atomic E-state index is 12.4. The molecule has 1 aromatic heterocycles. The Kier molecular flexibility index (Phi) is 4.88. The van der Waals surface area contributed by atoms with E-state index in [1.807, 2.05) is 60.8 Å². The topological polar surface area (TPSA) is 42.4 Å². The SMILES string of the molecule is COc1ccccc1-c1cc2c(cn1)/C=C\c1cc(Cl)ccc1N(C(C)=O)C2. The van der Waals surface area contributed by atoms with Gasteiger partial charge in [-0.2, -0.15) is 0 Å². The molecule has 3 aromatic rings. The molecule has 2 heterocycles. The molecule has 140 valence electrons. The Hall–Kier alpha value is -3.11. The number of pyridine rings is 1. The number of rotatable bonds is 2. The highest BCUT2D eigenvalue weighted by molar-refractivity contribution is 6.30. The van der Waals surface area contributed by atoms with Crippen LogP contribution in [0.25, 0.3) is 23.4 Å². The van der Waals surface area contributed by atoms with E-state index in [4.69, 9.17) is 16.3 Å². The molecule has 1 aliphatic rings. The number of aromatic nitrogens is 1. The zero-order valence-electron chi connectivity index (χ0n) is 15.6.